The molecular weight excluding hydrogens is 318 g/mol. The molecular formula is C12H12BrNOS2. The summed E-state index contributed by atoms with van der Waals surface area (Å²) in [5.41, 5.74) is 7.40. The summed E-state index contributed by atoms with van der Waals surface area (Å²) in [4.78, 5) is 1.94. The van der Waals surface area contributed by atoms with Crippen LogP contribution >= 0.6 is 27.3 Å². The largest absolute Gasteiger partial charge is 0.399 e. The Bertz CT molecular complexity index is 565. The lowest BCUT2D eigenvalue weighted by Crippen LogP contribution is -1.99. The van der Waals surface area contributed by atoms with Gasteiger partial charge in [-0.05, 0) is 46.6 Å². The molecule has 1 atom stereocenters. The van der Waals surface area contributed by atoms with Crippen molar-refractivity contribution in [1.29, 1.82) is 0 Å². The monoisotopic (exact) mass is 329 g/mol. The Morgan fingerprint density at radius 1 is 1.41 bits per heavy atom. The molecule has 0 bridgehead atoms. The van der Waals surface area contributed by atoms with Crippen molar-refractivity contribution in [3.63, 3.8) is 0 Å². The average Bonchev–Trinajstić information content (AvgIpc) is 2.67. The maximum Gasteiger partial charge on any atom is 0.0627 e. The van der Waals surface area contributed by atoms with Crippen LogP contribution in [0.4, 0.5) is 5.69 Å². The third kappa shape index (κ3) is 3.18. The molecule has 0 fully saturated rings. The van der Waals surface area contributed by atoms with Gasteiger partial charge in [0.1, 0.15) is 0 Å². The number of benzene rings is 1. The van der Waals surface area contributed by atoms with Crippen LogP contribution in [0.2, 0.25) is 0 Å². The molecule has 1 aromatic carbocycles. The van der Waals surface area contributed by atoms with Gasteiger partial charge < -0.3 is 5.73 Å². The fourth-order valence-corrected chi connectivity index (χ4v) is 4.52. The van der Waals surface area contributed by atoms with Gasteiger partial charge in [0, 0.05) is 25.3 Å². The highest BCUT2D eigenvalue weighted by Gasteiger charge is 2.10. The molecule has 90 valence electrons. The van der Waals surface area contributed by atoms with E-state index in [2.05, 4.69) is 15.9 Å². The van der Waals surface area contributed by atoms with E-state index in [1.54, 1.807) is 17.4 Å². The van der Waals surface area contributed by atoms with Crippen molar-refractivity contribution in [2.45, 2.75) is 17.6 Å². The van der Waals surface area contributed by atoms with Crippen LogP contribution in [-0.2, 0) is 16.6 Å². The van der Waals surface area contributed by atoms with Crippen LogP contribution in [0.5, 0.6) is 0 Å². The van der Waals surface area contributed by atoms with Gasteiger partial charge in [0.25, 0.3) is 0 Å². The van der Waals surface area contributed by atoms with Crippen molar-refractivity contribution in [3.05, 3.63) is 44.6 Å². The summed E-state index contributed by atoms with van der Waals surface area (Å²) in [6.45, 7) is 1.96. The van der Waals surface area contributed by atoms with Crippen molar-refractivity contribution in [2.75, 3.05) is 5.73 Å². The zero-order valence-electron chi connectivity index (χ0n) is 9.27. The average molecular weight is 330 g/mol. The van der Waals surface area contributed by atoms with Crippen molar-refractivity contribution in [1.82, 2.24) is 0 Å². The quantitative estimate of drug-likeness (QED) is 0.872. The minimum Gasteiger partial charge on any atom is -0.399 e. The van der Waals surface area contributed by atoms with E-state index in [1.807, 2.05) is 30.5 Å². The number of nitrogen functional groups attached to an aromatic ring is 1. The third-order valence-electron chi connectivity index (χ3n) is 2.35. The lowest BCUT2D eigenvalue weighted by atomic mass is 10.2. The summed E-state index contributed by atoms with van der Waals surface area (Å²) in [6, 6.07) is 7.54. The lowest BCUT2D eigenvalue weighted by molar-refractivity contribution is 0.682. The van der Waals surface area contributed by atoms with E-state index in [4.69, 9.17) is 5.73 Å². The van der Waals surface area contributed by atoms with Crippen LogP contribution in [-0.4, -0.2) is 4.21 Å². The van der Waals surface area contributed by atoms with Gasteiger partial charge in [-0.1, -0.05) is 6.07 Å². The van der Waals surface area contributed by atoms with Crippen molar-refractivity contribution < 1.29 is 4.21 Å². The van der Waals surface area contributed by atoms with E-state index in [-0.39, 0.29) is 0 Å². The molecule has 0 saturated carbocycles. The second-order valence-corrected chi connectivity index (χ2v) is 7.08. The number of aryl methyl sites for hydroxylation is 1. The van der Waals surface area contributed by atoms with Gasteiger partial charge in [0.05, 0.1) is 16.6 Å². The Morgan fingerprint density at radius 2 is 2.18 bits per heavy atom. The number of hydrogen-bond donors (Lipinski definition) is 1. The minimum absolute atomic E-state index is 0.542. The number of nitrogens with two attached hydrogens (primary N) is 1. The Kier molecular flexibility index (Phi) is 4.01. The van der Waals surface area contributed by atoms with Crippen LogP contribution in [0.15, 0.2) is 39.0 Å². The number of anilines is 1. The minimum atomic E-state index is -1.03. The van der Waals surface area contributed by atoms with E-state index in [0.29, 0.717) is 11.4 Å². The van der Waals surface area contributed by atoms with Crippen molar-refractivity contribution >= 4 is 43.8 Å². The molecule has 0 aliphatic rings. The molecule has 2 nitrogen and oxygen atoms in total. The highest BCUT2D eigenvalue weighted by atomic mass is 79.9. The number of rotatable bonds is 3. The third-order valence-corrected chi connectivity index (χ3v) is 5.74. The SMILES string of the molecule is Cc1ccc(N)cc1S(=O)Cc1cc(Br)cs1. The van der Waals surface area contributed by atoms with Gasteiger partial charge in [0.2, 0.25) is 0 Å². The first-order valence-electron chi connectivity index (χ1n) is 5.03. The summed E-state index contributed by atoms with van der Waals surface area (Å²) in [5.74, 6) is 0.542. The predicted molar refractivity (Wildman–Crippen MR) is 77.7 cm³/mol. The Hall–Kier alpha value is -0.650. The second kappa shape index (κ2) is 5.33. The molecule has 1 aromatic heterocycles. The second-order valence-electron chi connectivity index (χ2n) is 3.75. The summed E-state index contributed by atoms with van der Waals surface area (Å²) >= 11 is 5.01. The van der Waals surface area contributed by atoms with Crippen LogP contribution in [0.25, 0.3) is 0 Å². The lowest BCUT2D eigenvalue weighted by Gasteiger charge is -2.06. The summed E-state index contributed by atoms with van der Waals surface area (Å²) < 4.78 is 13.3. The van der Waals surface area contributed by atoms with Gasteiger partial charge >= 0.3 is 0 Å². The Balaban J connectivity index is 2.22. The fraction of sp³-hybridized carbons (Fsp3) is 0.167. The van der Waals surface area contributed by atoms with Gasteiger partial charge in [-0.3, -0.25) is 4.21 Å². The first-order chi connectivity index (χ1) is 8.06. The maximum absolute atomic E-state index is 12.2. The molecule has 0 radical (unpaired) electrons. The maximum atomic E-state index is 12.2. The van der Waals surface area contributed by atoms with Gasteiger partial charge in [-0.25, -0.2) is 0 Å². The molecule has 0 spiro atoms. The van der Waals surface area contributed by atoms with Crippen molar-refractivity contribution in [2.24, 2.45) is 0 Å². The Labute approximate surface area is 115 Å². The zero-order chi connectivity index (χ0) is 12.4. The van der Waals surface area contributed by atoms with Crippen molar-refractivity contribution in [3.8, 4) is 0 Å². The molecule has 0 amide bonds. The summed E-state index contributed by atoms with van der Waals surface area (Å²) in [5, 5.41) is 2.00. The zero-order valence-corrected chi connectivity index (χ0v) is 12.5. The molecule has 2 N–H and O–H groups in total. The summed E-state index contributed by atoms with van der Waals surface area (Å²) in [7, 11) is -1.03. The molecule has 0 saturated heterocycles. The van der Waals surface area contributed by atoms with E-state index >= 15 is 0 Å². The molecule has 2 aromatic rings. The molecule has 0 aliphatic carbocycles. The van der Waals surface area contributed by atoms with E-state index in [0.717, 1.165) is 19.8 Å². The number of thiophene rings is 1. The van der Waals surface area contributed by atoms with Crippen LogP contribution < -0.4 is 5.73 Å². The molecule has 1 heterocycles. The standard InChI is InChI=1S/C12H12BrNOS2/c1-8-2-3-10(14)5-12(8)17(15)7-11-4-9(13)6-16-11/h2-6H,7,14H2,1H3. The number of hydrogen-bond acceptors (Lipinski definition) is 3. The van der Waals surface area contributed by atoms with E-state index in [9.17, 15) is 4.21 Å². The first kappa shape index (κ1) is 12.8. The first-order valence-corrected chi connectivity index (χ1v) is 8.03. The van der Waals surface area contributed by atoms with Crippen LogP contribution in [0.1, 0.15) is 10.4 Å². The highest BCUT2D eigenvalue weighted by molar-refractivity contribution is 9.10. The highest BCUT2D eigenvalue weighted by Crippen LogP contribution is 2.24. The topological polar surface area (TPSA) is 43.1 Å². The van der Waals surface area contributed by atoms with Gasteiger partial charge in [0.15, 0.2) is 0 Å². The number of halogens is 1. The molecule has 17 heavy (non-hydrogen) atoms. The van der Waals surface area contributed by atoms with E-state index < -0.39 is 10.8 Å². The molecule has 1 unspecified atom stereocenters. The molecule has 5 heteroatoms. The molecule has 2 rings (SSSR count). The summed E-state index contributed by atoms with van der Waals surface area (Å²) in [6.07, 6.45) is 0. The van der Waals surface area contributed by atoms with Crippen LogP contribution in [0, 0.1) is 6.92 Å². The molecule has 0 aliphatic heterocycles. The fourth-order valence-electron chi connectivity index (χ4n) is 1.50. The van der Waals surface area contributed by atoms with Gasteiger partial charge in [-0.2, -0.15) is 0 Å². The van der Waals surface area contributed by atoms with E-state index in [1.165, 1.54) is 0 Å². The predicted octanol–water partition coefficient (Wildman–Crippen LogP) is 3.71. The van der Waals surface area contributed by atoms with Crippen LogP contribution in [0.3, 0.4) is 0 Å². The normalized spacial score (nSPS) is 12.6. The smallest absolute Gasteiger partial charge is 0.0627 e. The Morgan fingerprint density at radius 3 is 2.82 bits per heavy atom. The van der Waals surface area contributed by atoms with Gasteiger partial charge in [-0.15, -0.1) is 11.3 Å².